The SMILES string of the molecule is COCC(O)COCCOC(C)C. The number of methoxy groups -OCH3 is 1. The van der Waals surface area contributed by atoms with Crippen LogP contribution < -0.4 is 0 Å². The van der Waals surface area contributed by atoms with Gasteiger partial charge in [-0.1, -0.05) is 0 Å². The lowest BCUT2D eigenvalue weighted by molar-refractivity contribution is -0.0307. The topological polar surface area (TPSA) is 47.9 Å². The molecule has 0 aromatic carbocycles. The lowest BCUT2D eigenvalue weighted by atomic mass is 10.4. The molecule has 0 aromatic rings. The van der Waals surface area contributed by atoms with Crippen molar-refractivity contribution in [1.29, 1.82) is 0 Å². The molecule has 0 aliphatic heterocycles. The summed E-state index contributed by atoms with van der Waals surface area (Å²) in [6.45, 7) is 5.64. The lowest BCUT2D eigenvalue weighted by Crippen LogP contribution is -2.22. The molecule has 0 amide bonds. The smallest absolute Gasteiger partial charge is 0.101 e. The van der Waals surface area contributed by atoms with Crippen molar-refractivity contribution >= 4 is 0 Å². The molecule has 0 rings (SSSR count). The minimum absolute atomic E-state index is 0.229. The summed E-state index contributed by atoms with van der Waals surface area (Å²) in [5.41, 5.74) is 0. The average molecular weight is 192 g/mol. The molecule has 1 unspecified atom stereocenters. The van der Waals surface area contributed by atoms with Gasteiger partial charge in [0.1, 0.15) is 6.10 Å². The van der Waals surface area contributed by atoms with Gasteiger partial charge in [0.2, 0.25) is 0 Å². The molecule has 0 aromatic heterocycles. The Morgan fingerprint density at radius 3 is 2.38 bits per heavy atom. The van der Waals surface area contributed by atoms with Crippen molar-refractivity contribution in [2.24, 2.45) is 0 Å². The standard InChI is InChI=1S/C9H20O4/c1-8(2)13-5-4-12-7-9(10)6-11-3/h8-10H,4-7H2,1-3H3. The summed E-state index contributed by atoms with van der Waals surface area (Å²) in [4.78, 5) is 0. The van der Waals surface area contributed by atoms with Gasteiger partial charge in [-0.2, -0.15) is 0 Å². The van der Waals surface area contributed by atoms with Crippen LogP contribution >= 0.6 is 0 Å². The van der Waals surface area contributed by atoms with Crippen LogP contribution in [0.2, 0.25) is 0 Å². The molecule has 0 saturated heterocycles. The van der Waals surface area contributed by atoms with E-state index in [0.717, 1.165) is 0 Å². The Morgan fingerprint density at radius 1 is 1.15 bits per heavy atom. The molecular formula is C9H20O4. The van der Waals surface area contributed by atoms with Crippen LogP contribution in [-0.2, 0) is 14.2 Å². The highest BCUT2D eigenvalue weighted by Gasteiger charge is 2.02. The fourth-order valence-corrected chi connectivity index (χ4v) is 0.803. The number of ether oxygens (including phenoxy) is 3. The number of rotatable bonds is 8. The highest BCUT2D eigenvalue weighted by Crippen LogP contribution is 1.89. The summed E-state index contributed by atoms with van der Waals surface area (Å²) >= 11 is 0. The molecule has 0 saturated carbocycles. The first-order chi connectivity index (χ1) is 6.16. The maximum atomic E-state index is 9.17. The van der Waals surface area contributed by atoms with Gasteiger partial charge in [0, 0.05) is 7.11 Å². The lowest BCUT2D eigenvalue weighted by Gasteiger charge is -2.11. The average Bonchev–Trinajstić information content (AvgIpc) is 2.03. The summed E-state index contributed by atoms with van der Waals surface area (Å²) in [5.74, 6) is 0. The van der Waals surface area contributed by atoms with Gasteiger partial charge in [0.15, 0.2) is 0 Å². The Kier molecular flexibility index (Phi) is 8.33. The van der Waals surface area contributed by atoms with Gasteiger partial charge >= 0.3 is 0 Å². The predicted molar refractivity (Wildman–Crippen MR) is 49.8 cm³/mol. The first-order valence-corrected chi connectivity index (χ1v) is 4.53. The van der Waals surface area contributed by atoms with Crippen molar-refractivity contribution in [1.82, 2.24) is 0 Å². The maximum Gasteiger partial charge on any atom is 0.101 e. The van der Waals surface area contributed by atoms with Gasteiger partial charge in [-0.15, -0.1) is 0 Å². The summed E-state index contributed by atoms with van der Waals surface area (Å²) in [6, 6.07) is 0. The van der Waals surface area contributed by atoms with E-state index in [1.54, 1.807) is 7.11 Å². The van der Waals surface area contributed by atoms with E-state index in [-0.39, 0.29) is 6.10 Å². The molecule has 0 heterocycles. The van der Waals surface area contributed by atoms with Gasteiger partial charge in [-0.25, -0.2) is 0 Å². The summed E-state index contributed by atoms with van der Waals surface area (Å²) in [5, 5.41) is 9.17. The molecule has 80 valence electrons. The normalized spacial score (nSPS) is 13.6. The highest BCUT2D eigenvalue weighted by molar-refractivity contribution is 4.50. The minimum atomic E-state index is -0.538. The molecule has 13 heavy (non-hydrogen) atoms. The van der Waals surface area contributed by atoms with Gasteiger partial charge in [-0.05, 0) is 13.8 Å². The van der Waals surface area contributed by atoms with E-state index in [2.05, 4.69) is 0 Å². The fourth-order valence-electron chi connectivity index (χ4n) is 0.803. The van der Waals surface area contributed by atoms with Crippen molar-refractivity contribution in [2.45, 2.75) is 26.1 Å². The third-order valence-electron chi connectivity index (χ3n) is 1.35. The summed E-state index contributed by atoms with van der Waals surface area (Å²) in [6.07, 6.45) is -0.309. The molecule has 0 spiro atoms. The van der Waals surface area contributed by atoms with Crippen LogP contribution in [0.25, 0.3) is 0 Å². The number of aliphatic hydroxyl groups excluding tert-OH is 1. The summed E-state index contributed by atoms with van der Waals surface area (Å²) in [7, 11) is 1.55. The van der Waals surface area contributed by atoms with E-state index in [9.17, 15) is 0 Å². The van der Waals surface area contributed by atoms with E-state index >= 15 is 0 Å². The molecular weight excluding hydrogens is 172 g/mol. The second-order valence-electron chi connectivity index (χ2n) is 3.10. The second kappa shape index (κ2) is 8.44. The quantitative estimate of drug-likeness (QED) is 0.567. The van der Waals surface area contributed by atoms with Gasteiger partial charge in [0.25, 0.3) is 0 Å². The second-order valence-corrected chi connectivity index (χ2v) is 3.10. The van der Waals surface area contributed by atoms with Crippen LogP contribution in [0.4, 0.5) is 0 Å². The molecule has 1 N–H and O–H groups in total. The maximum absolute atomic E-state index is 9.17. The minimum Gasteiger partial charge on any atom is -0.388 e. The number of hydrogen-bond acceptors (Lipinski definition) is 4. The van der Waals surface area contributed by atoms with Crippen LogP contribution in [0.15, 0.2) is 0 Å². The van der Waals surface area contributed by atoms with Crippen molar-refractivity contribution in [2.75, 3.05) is 33.5 Å². The monoisotopic (exact) mass is 192 g/mol. The number of hydrogen-bond donors (Lipinski definition) is 1. The predicted octanol–water partition coefficient (Wildman–Crippen LogP) is 0.435. The molecule has 0 bridgehead atoms. The van der Waals surface area contributed by atoms with E-state index in [0.29, 0.717) is 26.4 Å². The van der Waals surface area contributed by atoms with E-state index in [1.165, 1.54) is 0 Å². The molecule has 0 radical (unpaired) electrons. The molecule has 4 nitrogen and oxygen atoms in total. The summed E-state index contributed by atoms with van der Waals surface area (Å²) < 4.78 is 15.1. The highest BCUT2D eigenvalue weighted by atomic mass is 16.5. The first-order valence-electron chi connectivity index (χ1n) is 4.53. The van der Waals surface area contributed by atoms with Crippen molar-refractivity contribution in [3.05, 3.63) is 0 Å². The Labute approximate surface area is 79.8 Å². The largest absolute Gasteiger partial charge is 0.388 e. The molecule has 1 atom stereocenters. The van der Waals surface area contributed by atoms with E-state index in [4.69, 9.17) is 19.3 Å². The Morgan fingerprint density at radius 2 is 1.85 bits per heavy atom. The van der Waals surface area contributed by atoms with E-state index in [1.807, 2.05) is 13.8 Å². The molecule has 4 heteroatoms. The Bertz CT molecular complexity index is 106. The van der Waals surface area contributed by atoms with Crippen molar-refractivity contribution in [3.63, 3.8) is 0 Å². The zero-order valence-corrected chi connectivity index (χ0v) is 8.66. The Balaban J connectivity index is 3.06. The molecule has 0 aliphatic carbocycles. The van der Waals surface area contributed by atoms with Crippen LogP contribution in [0.5, 0.6) is 0 Å². The first kappa shape index (κ1) is 12.8. The van der Waals surface area contributed by atoms with Gasteiger partial charge in [0.05, 0.1) is 32.5 Å². The zero-order valence-electron chi connectivity index (χ0n) is 8.66. The molecule has 0 aliphatic rings. The van der Waals surface area contributed by atoms with Crippen LogP contribution in [0.3, 0.4) is 0 Å². The molecule has 0 fully saturated rings. The van der Waals surface area contributed by atoms with Crippen LogP contribution in [0.1, 0.15) is 13.8 Å². The van der Waals surface area contributed by atoms with Crippen molar-refractivity contribution < 1.29 is 19.3 Å². The van der Waals surface area contributed by atoms with Crippen LogP contribution in [0, 0.1) is 0 Å². The van der Waals surface area contributed by atoms with E-state index < -0.39 is 6.10 Å². The third kappa shape index (κ3) is 9.76. The third-order valence-corrected chi connectivity index (χ3v) is 1.35. The number of aliphatic hydroxyl groups is 1. The van der Waals surface area contributed by atoms with Gasteiger partial charge in [-0.3, -0.25) is 0 Å². The fraction of sp³-hybridized carbons (Fsp3) is 1.00. The zero-order chi connectivity index (χ0) is 10.1. The van der Waals surface area contributed by atoms with Crippen molar-refractivity contribution in [3.8, 4) is 0 Å². The van der Waals surface area contributed by atoms with Crippen LogP contribution in [-0.4, -0.2) is 50.9 Å². The van der Waals surface area contributed by atoms with Gasteiger partial charge < -0.3 is 19.3 Å². The Hall–Kier alpha value is -0.160.